The van der Waals surface area contributed by atoms with Gasteiger partial charge in [0.1, 0.15) is 6.61 Å². The third-order valence-electron chi connectivity index (χ3n) is 3.09. The Kier molecular flexibility index (Phi) is 8.67. The van der Waals surface area contributed by atoms with Crippen LogP contribution in [0.5, 0.6) is 0 Å². The lowest BCUT2D eigenvalue weighted by Crippen LogP contribution is -2.32. The molecule has 4 heteroatoms. The van der Waals surface area contributed by atoms with E-state index in [-0.39, 0.29) is 12.5 Å². The van der Waals surface area contributed by atoms with E-state index >= 15 is 0 Å². The van der Waals surface area contributed by atoms with Crippen LogP contribution in [0.2, 0.25) is 0 Å². The third kappa shape index (κ3) is 7.26. The molecule has 0 heterocycles. The van der Waals surface area contributed by atoms with E-state index in [1.807, 2.05) is 25.2 Å². The molecule has 1 aromatic rings. The van der Waals surface area contributed by atoms with E-state index in [1.54, 1.807) is 4.90 Å². The van der Waals surface area contributed by atoms with Gasteiger partial charge in [-0.05, 0) is 12.0 Å². The molecule has 0 bridgehead atoms. The monoisotopic (exact) mass is 278 g/mol. The average Bonchev–Trinajstić information content (AvgIpc) is 2.49. The van der Waals surface area contributed by atoms with Crippen LogP contribution in [0.25, 0.3) is 0 Å². The summed E-state index contributed by atoms with van der Waals surface area (Å²) in [6.45, 7) is 5.24. The van der Waals surface area contributed by atoms with Crippen molar-refractivity contribution in [2.45, 2.75) is 26.3 Å². The standard InChI is InChI=1S/C16H26N2O2/c1-3-4-11-18(2)16(19)14-20-12-10-17-13-15-8-6-5-7-9-15/h5-9,17H,3-4,10-14H2,1-2H3. The normalized spacial score (nSPS) is 10.5. The maximum atomic E-state index is 11.7. The minimum Gasteiger partial charge on any atom is -0.370 e. The van der Waals surface area contributed by atoms with Crippen LogP contribution < -0.4 is 5.32 Å². The van der Waals surface area contributed by atoms with Gasteiger partial charge in [0.15, 0.2) is 0 Å². The second kappa shape index (κ2) is 10.4. The molecule has 0 aliphatic heterocycles. The first-order valence-electron chi connectivity index (χ1n) is 7.30. The summed E-state index contributed by atoms with van der Waals surface area (Å²) in [5, 5.41) is 3.29. The topological polar surface area (TPSA) is 41.6 Å². The van der Waals surface area contributed by atoms with Crippen LogP contribution in [-0.2, 0) is 16.1 Å². The number of likely N-dealkylation sites (N-methyl/N-ethyl adjacent to an activating group) is 1. The van der Waals surface area contributed by atoms with Gasteiger partial charge in [-0.25, -0.2) is 0 Å². The van der Waals surface area contributed by atoms with Gasteiger partial charge in [0, 0.05) is 26.7 Å². The molecule has 0 saturated heterocycles. The number of unbranched alkanes of at least 4 members (excludes halogenated alkanes) is 1. The van der Waals surface area contributed by atoms with Gasteiger partial charge in [0.25, 0.3) is 0 Å². The van der Waals surface area contributed by atoms with Gasteiger partial charge in [-0.15, -0.1) is 0 Å². The van der Waals surface area contributed by atoms with Crippen LogP contribution in [0.1, 0.15) is 25.3 Å². The molecule has 1 N–H and O–H groups in total. The van der Waals surface area contributed by atoms with Crippen molar-refractivity contribution in [2.75, 3.05) is 33.4 Å². The van der Waals surface area contributed by atoms with Crippen LogP contribution in [0.15, 0.2) is 30.3 Å². The number of hydrogen-bond acceptors (Lipinski definition) is 3. The predicted octanol–water partition coefficient (Wildman–Crippen LogP) is 2.05. The highest BCUT2D eigenvalue weighted by atomic mass is 16.5. The Balaban J connectivity index is 2.00. The van der Waals surface area contributed by atoms with Crippen molar-refractivity contribution in [2.24, 2.45) is 0 Å². The van der Waals surface area contributed by atoms with E-state index in [0.29, 0.717) is 6.61 Å². The van der Waals surface area contributed by atoms with Crippen molar-refractivity contribution in [1.29, 1.82) is 0 Å². The number of carbonyl (C=O) groups excluding carboxylic acids is 1. The van der Waals surface area contributed by atoms with Crippen LogP contribution >= 0.6 is 0 Å². The molecule has 1 amide bonds. The maximum absolute atomic E-state index is 11.7. The largest absolute Gasteiger partial charge is 0.370 e. The van der Waals surface area contributed by atoms with Crippen LogP contribution in [-0.4, -0.2) is 44.2 Å². The highest BCUT2D eigenvalue weighted by Gasteiger charge is 2.07. The molecule has 0 fully saturated rings. The molecule has 1 aromatic carbocycles. The summed E-state index contributed by atoms with van der Waals surface area (Å²) < 4.78 is 5.38. The molecule has 4 nitrogen and oxygen atoms in total. The lowest BCUT2D eigenvalue weighted by Gasteiger charge is -2.16. The van der Waals surface area contributed by atoms with Crippen molar-refractivity contribution >= 4 is 5.91 Å². The summed E-state index contributed by atoms with van der Waals surface area (Å²) in [6, 6.07) is 10.2. The summed E-state index contributed by atoms with van der Waals surface area (Å²) in [5.74, 6) is 0.0570. The molecule has 0 saturated carbocycles. The Hall–Kier alpha value is -1.39. The van der Waals surface area contributed by atoms with Gasteiger partial charge in [-0.2, -0.15) is 0 Å². The minimum absolute atomic E-state index is 0.0570. The van der Waals surface area contributed by atoms with Gasteiger partial charge in [0.2, 0.25) is 5.91 Å². The summed E-state index contributed by atoms with van der Waals surface area (Å²) in [7, 11) is 1.83. The smallest absolute Gasteiger partial charge is 0.248 e. The fourth-order valence-electron chi connectivity index (χ4n) is 1.76. The number of nitrogens with one attached hydrogen (secondary N) is 1. The second-order valence-electron chi connectivity index (χ2n) is 4.88. The molecule has 0 aliphatic carbocycles. The molecule has 112 valence electrons. The van der Waals surface area contributed by atoms with Gasteiger partial charge in [-0.3, -0.25) is 4.79 Å². The lowest BCUT2D eigenvalue weighted by atomic mass is 10.2. The summed E-state index contributed by atoms with van der Waals surface area (Å²) in [4.78, 5) is 13.4. The maximum Gasteiger partial charge on any atom is 0.248 e. The van der Waals surface area contributed by atoms with Crippen molar-refractivity contribution in [3.8, 4) is 0 Å². The molecule has 0 radical (unpaired) electrons. The number of hydrogen-bond donors (Lipinski definition) is 1. The Morgan fingerprint density at radius 3 is 2.75 bits per heavy atom. The number of ether oxygens (including phenoxy) is 1. The average molecular weight is 278 g/mol. The van der Waals surface area contributed by atoms with Gasteiger partial charge in [0.05, 0.1) is 6.61 Å². The first kappa shape index (κ1) is 16.7. The first-order valence-corrected chi connectivity index (χ1v) is 7.30. The molecule has 1 rings (SSSR count). The van der Waals surface area contributed by atoms with E-state index in [0.717, 1.165) is 32.5 Å². The quantitative estimate of drug-likeness (QED) is 0.666. The van der Waals surface area contributed by atoms with Crippen molar-refractivity contribution < 1.29 is 9.53 Å². The van der Waals surface area contributed by atoms with E-state index in [4.69, 9.17) is 4.74 Å². The van der Waals surface area contributed by atoms with E-state index in [1.165, 1.54) is 5.56 Å². The zero-order chi connectivity index (χ0) is 14.6. The summed E-state index contributed by atoms with van der Waals surface area (Å²) in [5.41, 5.74) is 1.25. The Morgan fingerprint density at radius 2 is 2.05 bits per heavy atom. The zero-order valence-corrected chi connectivity index (χ0v) is 12.6. The molecule has 0 aliphatic rings. The fraction of sp³-hybridized carbons (Fsp3) is 0.562. The molecular weight excluding hydrogens is 252 g/mol. The zero-order valence-electron chi connectivity index (χ0n) is 12.6. The van der Waals surface area contributed by atoms with E-state index in [2.05, 4.69) is 24.4 Å². The van der Waals surface area contributed by atoms with Crippen LogP contribution in [0.3, 0.4) is 0 Å². The number of rotatable bonds is 10. The molecule has 0 unspecified atom stereocenters. The molecular formula is C16H26N2O2. The minimum atomic E-state index is 0.0570. The highest BCUT2D eigenvalue weighted by Crippen LogP contribution is 1.96. The first-order chi connectivity index (χ1) is 9.74. The molecule has 0 spiro atoms. The highest BCUT2D eigenvalue weighted by molar-refractivity contribution is 5.77. The number of nitrogens with zero attached hydrogens (tertiary/aromatic N) is 1. The van der Waals surface area contributed by atoms with Gasteiger partial charge < -0.3 is 15.0 Å². The van der Waals surface area contributed by atoms with Crippen LogP contribution in [0.4, 0.5) is 0 Å². The third-order valence-corrected chi connectivity index (χ3v) is 3.09. The number of amides is 1. The lowest BCUT2D eigenvalue weighted by molar-refractivity contribution is -0.134. The molecule has 0 atom stereocenters. The van der Waals surface area contributed by atoms with Crippen molar-refractivity contribution in [3.05, 3.63) is 35.9 Å². The van der Waals surface area contributed by atoms with E-state index in [9.17, 15) is 4.79 Å². The Bertz CT molecular complexity index is 368. The number of carbonyl (C=O) groups is 1. The van der Waals surface area contributed by atoms with Crippen molar-refractivity contribution in [3.63, 3.8) is 0 Å². The fourth-order valence-corrected chi connectivity index (χ4v) is 1.76. The second-order valence-corrected chi connectivity index (χ2v) is 4.88. The molecule has 20 heavy (non-hydrogen) atoms. The number of benzene rings is 1. The van der Waals surface area contributed by atoms with Gasteiger partial charge >= 0.3 is 0 Å². The van der Waals surface area contributed by atoms with Crippen molar-refractivity contribution in [1.82, 2.24) is 10.2 Å². The van der Waals surface area contributed by atoms with E-state index < -0.39 is 0 Å². The SMILES string of the molecule is CCCCN(C)C(=O)COCCNCc1ccccc1. The Labute approximate surface area is 122 Å². The summed E-state index contributed by atoms with van der Waals surface area (Å²) in [6.07, 6.45) is 2.14. The van der Waals surface area contributed by atoms with Gasteiger partial charge in [-0.1, -0.05) is 43.7 Å². The molecule has 0 aromatic heterocycles. The van der Waals surface area contributed by atoms with Crippen LogP contribution in [0, 0.1) is 0 Å². The predicted molar refractivity (Wildman–Crippen MR) is 81.5 cm³/mol. The summed E-state index contributed by atoms with van der Waals surface area (Å²) >= 11 is 0. The Morgan fingerprint density at radius 1 is 1.30 bits per heavy atom.